The molecule has 0 amide bonds. The molecule has 0 fully saturated rings. The van der Waals surface area contributed by atoms with Gasteiger partial charge in [-0.15, -0.1) is 0 Å². The van der Waals surface area contributed by atoms with Crippen LogP contribution >= 0.6 is 0 Å². The minimum Gasteiger partial charge on any atom is -0.338 e. The molecule has 0 saturated heterocycles. The molecule has 2 aromatic rings. The van der Waals surface area contributed by atoms with Crippen LogP contribution in [0.3, 0.4) is 0 Å². The molecule has 4 heteroatoms. The molecule has 1 aromatic heterocycles. The summed E-state index contributed by atoms with van der Waals surface area (Å²) in [4.78, 5) is 4.26. The second kappa shape index (κ2) is 5.02. The standard InChI is InChI=1S/C16H21N3O/c1-11-18-14(20-19-11)10-17-15-13-7-5-4-6-12(13)8-9-16(15,2)3/h4-7,15,17H,8-10H2,1-3H3. The Hall–Kier alpha value is -1.68. The summed E-state index contributed by atoms with van der Waals surface area (Å²) in [7, 11) is 0. The Morgan fingerprint density at radius 3 is 2.90 bits per heavy atom. The average molecular weight is 271 g/mol. The highest BCUT2D eigenvalue weighted by Crippen LogP contribution is 2.43. The minimum atomic E-state index is 0.226. The van der Waals surface area contributed by atoms with E-state index in [0.29, 0.717) is 24.3 Å². The van der Waals surface area contributed by atoms with Crippen molar-refractivity contribution in [3.63, 3.8) is 0 Å². The summed E-state index contributed by atoms with van der Waals surface area (Å²) in [5.41, 5.74) is 3.08. The third kappa shape index (κ3) is 2.48. The molecule has 106 valence electrons. The van der Waals surface area contributed by atoms with E-state index < -0.39 is 0 Å². The molecule has 1 unspecified atom stereocenters. The van der Waals surface area contributed by atoms with Crippen LogP contribution in [0.15, 0.2) is 28.8 Å². The molecule has 3 rings (SSSR count). The first-order valence-corrected chi connectivity index (χ1v) is 7.17. The van der Waals surface area contributed by atoms with Crippen molar-refractivity contribution in [2.45, 2.75) is 46.2 Å². The molecule has 1 heterocycles. The number of nitrogens with one attached hydrogen (secondary N) is 1. The number of fused-ring (bicyclic) bond motifs is 1. The summed E-state index contributed by atoms with van der Waals surface area (Å²) in [6, 6.07) is 9.02. The summed E-state index contributed by atoms with van der Waals surface area (Å²) in [5, 5.41) is 7.44. The van der Waals surface area contributed by atoms with Crippen LogP contribution in [0.2, 0.25) is 0 Å². The fraction of sp³-hybridized carbons (Fsp3) is 0.500. The van der Waals surface area contributed by atoms with Gasteiger partial charge in [0.15, 0.2) is 5.82 Å². The molecule has 1 atom stereocenters. The molecule has 0 radical (unpaired) electrons. The maximum Gasteiger partial charge on any atom is 0.240 e. The van der Waals surface area contributed by atoms with E-state index in [9.17, 15) is 0 Å². The van der Waals surface area contributed by atoms with E-state index in [1.54, 1.807) is 0 Å². The molecule has 1 N–H and O–H groups in total. The van der Waals surface area contributed by atoms with Crippen LogP contribution in [0.25, 0.3) is 0 Å². The maximum absolute atomic E-state index is 5.19. The van der Waals surface area contributed by atoms with E-state index in [-0.39, 0.29) is 5.41 Å². The second-order valence-corrected chi connectivity index (χ2v) is 6.24. The molecule has 4 nitrogen and oxygen atoms in total. The first-order valence-electron chi connectivity index (χ1n) is 7.17. The zero-order chi connectivity index (χ0) is 14.2. The van der Waals surface area contributed by atoms with E-state index in [1.807, 2.05) is 6.92 Å². The van der Waals surface area contributed by atoms with Gasteiger partial charge in [0.25, 0.3) is 0 Å². The van der Waals surface area contributed by atoms with E-state index >= 15 is 0 Å². The first kappa shape index (κ1) is 13.3. The van der Waals surface area contributed by atoms with Gasteiger partial charge in [-0.05, 0) is 36.3 Å². The highest BCUT2D eigenvalue weighted by Gasteiger charge is 2.35. The highest BCUT2D eigenvalue weighted by molar-refractivity contribution is 5.34. The lowest BCUT2D eigenvalue weighted by Gasteiger charge is -2.40. The largest absolute Gasteiger partial charge is 0.338 e. The van der Waals surface area contributed by atoms with E-state index in [1.165, 1.54) is 17.5 Å². The number of nitrogens with zero attached hydrogens (tertiary/aromatic N) is 2. The van der Waals surface area contributed by atoms with Crippen molar-refractivity contribution in [2.24, 2.45) is 5.41 Å². The van der Waals surface area contributed by atoms with Gasteiger partial charge in [-0.3, -0.25) is 0 Å². The third-order valence-corrected chi connectivity index (χ3v) is 4.21. The topological polar surface area (TPSA) is 51.0 Å². The van der Waals surface area contributed by atoms with Crippen LogP contribution in [0, 0.1) is 12.3 Å². The number of hydrogen-bond donors (Lipinski definition) is 1. The lowest BCUT2D eigenvalue weighted by Crippen LogP contribution is -2.37. The summed E-state index contributed by atoms with van der Waals surface area (Å²) >= 11 is 0. The lowest BCUT2D eigenvalue weighted by atomic mass is 9.70. The number of hydrogen-bond acceptors (Lipinski definition) is 4. The van der Waals surface area contributed by atoms with Crippen molar-refractivity contribution in [3.8, 4) is 0 Å². The molecule has 0 saturated carbocycles. The Morgan fingerprint density at radius 2 is 2.15 bits per heavy atom. The summed E-state index contributed by atoms with van der Waals surface area (Å²) < 4.78 is 5.19. The predicted octanol–water partition coefficient (Wildman–Crippen LogP) is 3.18. The Bertz CT molecular complexity index is 603. The molecule has 0 spiro atoms. The van der Waals surface area contributed by atoms with Crippen molar-refractivity contribution < 1.29 is 4.52 Å². The Labute approximate surface area is 119 Å². The van der Waals surface area contributed by atoms with Gasteiger partial charge < -0.3 is 9.84 Å². The van der Waals surface area contributed by atoms with Gasteiger partial charge in [0.2, 0.25) is 5.89 Å². The van der Waals surface area contributed by atoms with Crippen LogP contribution in [-0.4, -0.2) is 10.1 Å². The van der Waals surface area contributed by atoms with Crippen molar-refractivity contribution >= 4 is 0 Å². The van der Waals surface area contributed by atoms with Gasteiger partial charge in [0.05, 0.1) is 6.54 Å². The molecule has 0 bridgehead atoms. The zero-order valence-electron chi connectivity index (χ0n) is 12.3. The summed E-state index contributed by atoms with van der Waals surface area (Å²) in [6.45, 7) is 7.09. The van der Waals surface area contributed by atoms with Crippen LogP contribution in [0.5, 0.6) is 0 Å². The summed E-state index contributed by atoms with van der Waals surface area (Å²) in [6.07, 6.45) is 2.34. The fourth-order valence-corrected chi connectivity index (χ4v) is 3.05. The first-order chi connectivity index (χ1) is 9.56. The molecular formula is C16H21N3O. The van der Waals surface area contributed by atoms with Crippen molar-refractivity contribution in [1.29, 1.82) is 0 Å². The quantitative estimate of drug-likeness (QED) is 0.931. The Balaban J connectivity index is 1.82. The summed E-state index contributed by atoms with van der Waals surface area (Å²) in [5.74, 6) is 1.34. The Kier molecular flexibility index (Phi) is 3.34. The van der Waals surface area contributed by atoms with Crippen molar-refractivity contribution in [2.75, 3.05) is 0 Å². The third-order valence-electron chi connectivity index (χ3n) is 4.21. The van der Waals surface area contributed by atoms with Crippen LogP contribution in [0.4, 0.5) is 0 Å². The van der Waals surface area contributed by atoms with Crippen LogP contribution in [-0.2, 0) is 13.0 Å². The second-order valence-electron chi connectivity index (χ2n) is 6.24. The zero-order valence-corrected chi connectivity index (χ0v) is 12.3. The van der Waals surface area contributed by atoms with Crippen LogP contribution < -0.4 is 5.32 Å². The normalized spacial score (nSPS) is 20.6. The van der Waals surface area contributed by atoms with E-state index in [4.69, 9.17) is 4.52 Å². The molecular weight excluding hydrogens is 250 g/mol. The van der Waals surface area contributed by atoms with Crippen molar-refractivity contribution in [3.05, 3.63) is 47.1 Å². The number of aromatic nitrogens is 2. The number of rotatable bonds is 3. The van der Waals surface area contributed by atoms with Crippen LogP contribution in [0.1, 0.15) is 49.2 Å². The molecule has 1 aliphatic carbocycles. The predicted molar refractivity (Wildman–Crippen MR) is 77.2 cm³/mol. The Morgan fingerprint density at radius 1 is 1.35 bits per heavy atom. The average Bonchev–Trinajstić information content (AvgIpc) is 2.83. The fourth-order valence-electron chi connectivity index (χ4n) is 3.05. The smallest absolute Gasteiger partial charge is 0.240 e. The van der Waals surface area contributed by atoms with Gasteiger partial charge in [-0.1, -0.05) is 43.3 Å². The lowest BCUT2D eigenvalue weighted by molar-refractivity contribution is 0.201. The molecule has 0 aliphatic heterocycles. The van der Waals surface area contributed by atoms with Gasteiger partial charge in [-0.25, -0.2) is 0 Å². The van der Waals surface area contributed by atoms with Gasteiger partial charge in [0, 0.05) is 6.04 Å². The molecule has 1 aliphatic rings. The number of benzene rings is 1. The maximum atomic E-state index is 5.19. The van der Waals surface area contributed by atoms with E-state index in [2.05, 4.69) is 53.6 Å². The van der Waals surface area contributed by atoms with Gasteiger partial charge in [0.1, 0.15) is 0 Å². The van der Waals surface area contributed by atoms with E-state index in [0.717, 1.165) is 6.42 Å². The molecule has 1 aromatic carbocycles. The number of aryl methyl sites for hydroxylation is 2. The monoisotopic (exact) mass is 271 g/mol. The minimum absolute atomic E-state index is 0.226. The van der Waals surface area contributed by atoms with Gasteiger partial charge >= 0.3 is 0 Å². The SMILES string of the molecule is Cc1noc(CNC2c3ccccc3CCC2(C)C)n1. The van der Waals surface area contributed by atoms with Gasteiger partial charge in [-0.2, -0.15) is 4.98 Å². The molecule has 20 heavy (non-hydrogen) atoms. The van der Waals surface area contributed by atoms with Crippen molar-refractivity contribution in [1.82, 2.24) is 15.5 Å². The highest BCUT2D eigenvalue weighted by atomic mass is 16.5.